The van der Waals surface area contributed by atoms with Crippen molar-refractivity contribution in [2.24, 2.45) is 0 Å². The second kappa shape index (κ2) is 6.17. The molecule has 1 aromatic rings. The third kappa shape index (κ3) is 3.14. The first-order chi connectivity index (χ1) is 9.13. The Kier molecular flexibility index (Phi) is 4.56. The second-order valence-corrected chi connectivity index (χ2v) is 5.24. The number of hydrogen-bond acceptors (Lipinski definition) is 3. The molecule has 0 saturated heterocycles. The minimum absolute atomic E-state index is 0.0793. The molecular formula is C15H22N2O2. The van der Waals surface area contributed by atoms with Gasteiger partial charge in [0.2, 0.25) is 5.91 Å². The highest BCUT2D eigenvalue weighted by atomic mass is 16.3. The first-order valence-electron chi connectivity index (χ1n) is 6.83. The van der Waals surface area contributed by atoms with Crippen molar-refractivity contribution in [2.75, 3.05) is 31.6 Å². The summed E-state index contributed by atoms with van der Waals surface area (Å²) in [5.41, 5.74) is 2.29. The highest BCUT2D eigenvalue weighted by Gasteiger charge is 2.28. The number of carbonyl (C=O) groups excluding carboxylic acids is 1. The molecule has 1 N–H and O–H groups in total. The molecule has 0 spiro atoms. The van der Waals surface area contributed by atoms with Crippen LogP contribution in [0, 0.1) is 0 Å². The zero-order valence-corrected chi connectivity index (χ0v) is 11.7. The fourth-order valence-corrected chi connectivity index (χ4v) is 2.63. The maximum atomic E-state index is 12.5. The molecule has 19 heavy (non-hydrogen) atoms. The number of nitrogens with zero attached hydrogens (tertiary/aromatic N) is 2. The molecule has 0 saturated carbocycles. The van der Waals surface area contributed by atoms with Gasteiger partial charge in [0.15, 0.2) is 0 Å². The number of amides is 1. The highest BCUT2D eigenvalue weighted by molar-refractivity contribution is 5.96. The van der Waals surface area contributed by atoms with E-state index in [9.17, 15) is 4.79 Å². The van der Waals surface area contributed by atoms with Gasteiger partial charge in [0.05, 0.1) is 13.2 Å². The monoisotopic (exact) mass is 262 g/mol. The van der Waals surface area contributed by atoms with E-state index in [1.165, 1.54) is 5.56 Å². The van der Waals surface area contributed by atoms with E-state index < -0.39 is 0 Å². The smallest absolute Gasteiger partial charge is 0.241 e. The number of rotatable bonds is 4. The van der Waals surface area contributed by atoms with E-state index in [0.717, 1.165) is 18.5 Å². The summed E-state index contributed by atoms with van der Waals surface area (Å²) in [5, 5.41) is 8.90. The Morgan fingerprint density at radius 1 is 1.47 bits per heavy atom. The van der Waals surface area contributed by atoms with Crippen LogP contribution in [0.2, 0.25) is 0 Å². The lowest BCUT2D eigenvalue weighted by Crippen LogP contribution is -2.46. The number of likely N-dealkylation sites (N-methyl/N-ethyl adjacent to an activating group) is 1. The van der Waals surface area contributed by atoms with Gasteiger partial charge < -0.3 is 10.0 Å². The molecule has 1 heterocycles. The lowest BCUT2D eigenvalue weighted by atomic mass is 9.96. The summed E-state index contributed by atoms with van der Waals surface area (Å²) in [4.78, 5) is 16.2. The SMILES string of the molecule is C[C@H]1CCc2ccccc2N1C(=O)CN(C)CCO. The number of aliphatic hydroxyl groups is 1. The Bertz CT molecular complexity index is 448. The number of para-hydroxylation sites is 1. The molecule has 0 aliphatic carbocycles. The molecular weight excluding hydrogens is 240 g/mol. The summed E-state index contributed by atoms with van der Waals surface area (Å²) < 4.78 is 0. The molecule has 0 unspecified atom stereocenters. The number of aryl methyl sites for hydroxylation is 1. The van der Waals surface area contributed by atoms with Crippen LogP contribution in [0.25, 0.3) is 0 Å². The molecule has 1 aromatic carbocycles. The minimum Gasteiger partial charge on any atom is -0.395 e. The lowest BCUT2D eigenvalue weighted by Gasteiger charge is -2.36. The van der Waals surface area contributed by atoms with Gasteiger partial charge in [-0.3, -0.25) is 9.69 Å². The normalized spacial score (nSPS) is 18.5. The summed E-state index contributed by atoms with van der Waals surface area (Å²) in [7, 11) is 1.86. The summed E-state index contributed by atoms with van der Waals surface area (Å²) >= 11 is 0. The maximum Gasteiger partial charge on any atom is 0.241 e. The number of carbonyl (C=O) groups is 1. The van der Waals surface area contributed by atoms with Crippen molar-refractivity contribution in [3.8, 4) is 0 Å². The second-order valence-electron chi connectivity index (χ2n) is 5.24. The van der Waals surface area contributed by atoms with E-state index in [2.05, 4.69) is 13.0 Å². The van der Waals surface area contributed by atoms with Crippen LogP contribution in [0.5, 0.6) is 0 Å². The number of fused-ring (bicyclic) bond motifs is 1. The van der Waals surface area contributed by atoms with Crippen molar-refractivity contribution in [2.45, 2.75) is 25.8 Å². The zero-order chi connectivity index (χ0) is 13.8. The van der Waals surface area contributed by atoms with E-state index in [1.54, 1.807) is 0 Å². The van der Waals surface area contributed by atoms with E-state index in [0.29, 0.717) is 13.1 Å². The summed E-state index contributed by atoms with van der Waals surface area (Å²) in [6.45, 7) is 3.05. The van der Waals surface area contributed by atoms with Gasteiger partial charge in [-0.05, 0) is 38.4 Å². The molecule has 1 atom stereocenters. The highest BCUT2D eigenvalue weighted by Crippen LogP contribution is 2.30. The fraction of sp³-hybridized carbons (Fsp3) is 0.533. The van der Waals surface area contributed by atoms with Gasteiger partial charge in [0, 0.05) is 18.3 Å². The Balaban J connectivity index is 2.16. The van der Waals surface area contributed by atoms with Gasteiger partial charge in [0.1, 0.15) is 0 Å². The predicted molar refractivity (Wildman–Crippen MR) is 76.3 cm³/mol. The molecule has 0 radical (unpaired) electrons. The van der Waals surface area contributed by atoms with Crippen LogP contribution in [0.4, 0.5) is 5.69 Å². The summed E-state index contributed by atoms with van der Waals surface area (Å²) in [6.07, 6.45) is 2.04. The number of benzene rings is 1. The van der Waals surface area contributed by atoms with Crippen molar-refractivity contribution < 1.29 is 9.90 Å². The van der Waals surface area contributed by atoms with Gasteiger partial charge in [-0.1, -0.05) is 18.2 Å². The Morgan fingerprint density at radius 3 is 2.95 bits per heavy atom. The average molecular weight is 262 g/mol. The number of anilines is 1. The number of aliphatic hydroxyl groups excluding tert-OH is 1. The van der Waals surface area contributed by atoms with E-state index in [1.807, 2.05) is 35.0 Å². The molecule has 104 valence electrons. The molecule has 0 aromatic heterocycles. The van der Waals surface area contributed by atoms with Crippen LogP contribution in [-0.2, 0) is 11.2 Å². The first-order valence-corrected chi connectivity index (χ1v) is 6.83. The Hall–Kier alpha value is -1.39. The molecule has 0 bridgehead atoms. The standard InChI is InChI=1S/C15H22N2O2/c1-12-7-8-13-5-3-4-6-14(13)17(12)15(19)11-16(2)9-10-18/h3-6,12,18H,7-11H2,1-2H3/t12-/m0/s1. The quantitative estimate of drug-likeness (QED) is 0.889. The van der Waals surface area contributed by atoms with Crippen LogP contribution in [0.3, 0.4) is 0 Å². The van der Waals surface area contributed by atoms with Crippen LogP contribution in [0.15, 0.2) is 24.3 Å². The predicted octanol–water partition coefficient (Wildman–Crippen LogP) is 1.28. The molecule has 1 aliphatic heterocycles. The van der Waals surface area contributed by atoms with Crippen LogP contribution in [0.1, 0.15) is 18.9 Å². The van der Waals surface area contributed by atoms with Crippen LogP contribution < -0.4 is 4.90 Å². The lowest BCUT2D eigenvalue weighted by molar-refractivity contribution is -0.120. The van der Waals surface area contributed by atoms with Gasteiger partial charge in [-0.2, -0.15) is 0 Å². The van der Waals surface area contributed by atoms with E-state index in [-0.39, 0.29) is 18.6 Å². The van der Waals surface area contributed by atoms with Crippen LogP contribution >= 0.6 is 0 Å². The van der Waals surface area contributed by atoms with E-state index >= 15 is 0 Å². The molecule has 0 fully saturated rings. The zero-order valence-electron chi connectivity index (χ0n) is 11.7. The molecule has 1 amide bonds. The van der Waals surface area contributed by atoms with Crippen molar-refractivity contribution in [1.82, 2.24) is 4.90 Å². The summed E-state index contributed by atoms with van der Waals surface area (Å²) in [6, 6.07) is 8.36. The minimum atomic E-state index is 0.0793. The molecule has 4 nitrogen and oxygen atoms in total. The van der Waals surface area contributed by atoms with Crippen molar-refractivity contribution in [1.29, 1.82) is 0 Å². The third-order valence-corrected chi connectivity index (χ3v) is 3.68. The molecule has 2 rings (SSSR count). The molecule has 4 heteroatoms. The van der Waals surface area contributed by atoms with Crippen molar-refractivity contribution >= 4 is 11.6 Å². The van der Waals surface area contributed by atoms with Crippen molar-refractivity contribution in [3.05, 3.63) is 29.8 Å². The fourth-order valence-electron chi connectivity index (χ4n) is 2.63. The average Bonchev–Trinajstić information content (AvgIpc) is 2.38. The van der Waals surface area contributed by atoms with Gasteiger partial charge in [-0.15, -0.1) is 0 Å². The van der Waals surface area contributed by atoms with Gasteiger partial charge >= 0.3 is 0 Å². The van der Waals surface area contributed by atoms with Gasteiger partial charge in [-0.25, -0.2) is 0 Å². The van der Waals surface area contributed by atoms with E-state index in [4.69, 9.17) is 5.11 Å². The molecule has 1 aliphatic rings. The Labute approximate surface area is 114 Å². The maximum absolute atomic E-state index is 12.5. The first kappa shape index (κ1) is 14.0. The largest absolute Gasteiger partial charge is 0.395 e. The third-order valence-electron chi connectivity index (χ3n) is 3.68. The number of hydrogen-bond donors (Lipinski definition) is 1. The summed E-state index contributed by atoms with van der Waals surface area (Å²) in [5.74, 6) is 0.107. The van der Waals surface area contributed by atoms with Gasteiger partial charge in [0.25, 0.3) is 0 Å². The Morgan fingerprint density at radius 2 is 2.21 bits per heavy atom. The van der Waals surface area contributed by atoms with Crippen molar-refractivity contribution in [3.63, 3.8) is 0 Å². The van der Waals surface area contributed by atoms with Crippen LogP contribution in [-0.4, -0.2) is 48.7 Å². The topological polar surface area (TPSA) is 43.8 Å².